The highest BCUT2D eigenvalue weighted by Crippen LogP contribution is 2.28. The quantitative estimate of drug-likeness (QED) is 0.376. The van der Waals surface area contributed by atoms with E-state index in [9.17, 15) is 13.6 Å². The first-order valence-corrected chi connectivity index (χ1v) is 9.39. The van der Waals surface area contributed by atoms with Crippen molar-refractivity contribution in [3.8, 4) is 5.75 Å². The van der Waals surface area contributed by atoms with Crippen molar-refractivity contribution >= 4 is 39.8 Å². The van der Waals surface area contributed by atoms with Crippen LogP contribution < -0.4 is 10.2 Å². The Labute approximate surface area is 163 Å². The molecule has 0 aliphatic carbocycles. The summed E-state index contributed by atoms with van der Waals surface area (Å²) in [6.45, 7) is 1.13. The molecule has 2 rings (SSSR count). The average molecular weight is 443 g/mol. The van der Waals surface area contributed by atoms with Crippen LogP contribution in [0.3, 0.4) is 0 Å². The fourth-order valence-corrected chi connectivity index (χ4v) is 3.36. The molecule has 138 valence electrons. The minimum Gasteiger partial charge on any atom is -0.435 e. The predicted octanol–water partition coefficient (Wildman–Crippen LogP) is 4.91. The van der Waals surface area contributed by atoms with Gasteiger partial charge in [-0.1, -0.05) is 15.9 Å². The zero-order valence-electron chi connectivity index (χ0n) is 14.1. The maximum atomic E-state index is 12.1. The van der Waals surface area contributed by atoms with Crippen molar-refractivity contribution in [3.05, 3.63) is 57.6 Å². The number of thioether (sulfide) groups is 1. The molecule has 1 amide bonds. The number of nitrogens with zero attached hydrogens (tertiary/aromatic N) is 1. The van der Waals surface area contributed by atoms with Gasteiger partial charge in [-0.3, -0.25) is 4.79 Å². The molecule has 0 saturated heterocycles. The lowest BCUT2D eigenvalue weighted by atomic mass is 10.2. The Kier molecular flexibility index (Phi) is 7.59. The van der Waals surface area contributed by atoms with Crippen molar-refractivity contribution in [1.82, 2.24) is 5.43 Å². The summed E-state index contributed by atoms with van der Waals surface area (Å²) >= 11 is 4.92. The second-order valence-electron chi connectivity index (χ2n) is 5.40. The normalized spacial score (nSPS) is 11.2. The molecule has 2 aromatic rings. The third-order valence-corrected chi connectivity index (χ3v) is 5.33. The maximum absolute atomic E-state index is 12.1. The Bertz CT molecular complexity index is 799. The highest BCUT2D eigenvalue weighted by Gasteiger charge is 2.07. The first kappa shape index (κ1) is 20.4. The lowest BCUT2D eigenvalue weighted by molar-refractivity contribution is -0.118. The monoisotopic (exact) mass is 442 g/mol. The van der Waals surface area contributed by atoms with E-state index in [0.29, 0.717) is 5.56 Å². The molecule has 26 heavy (non-hydrogen) atoms. The molecular formula is C18H17BrF2N2O2S. The van der Waals surface area contributed by atoms with Gasteiger partial charge < -0.3 is 4.74 Å². The third-order valence-electron chi connectivity index (χ3n) is 3.32. The van der Waals surface area contributed by atoms with Gasteiger partial charge in [-0.25, -0.2) is 5.43 Å². The van der Waals surface area contributed by atoms with Gasteiger partial charge in [-0.15, -0.1) is 11.8 Å². The van der Waals surface area contributed by atoms with Crippen LogP contribution in [0.5, 0.6) is 5.75 Å². The highest BCUT2D eigenvalue weighted by molar-refractivity contribution is 9.10. The van der Waals surface area contributed by atoms with E-state index in [4.69, 9.17) is 0 Å². The number of hydrogen-bond acceptors (Lipinski definition) is 4. The molecule has 0 spiro atoms. The Morgan fingerprint density at radius 2 is 1.96 bits per heavy atom. The van der Waals surface area contributed by atoms with E-state index in [1.54, 1.807) is 12.1 Å². The minimum atomic E-state index is -2.86. The molecule has 0 heterocycles. The van der Waals surface area contributed by atoms with E-state index in [1.807, 2.05) is 26.0 Å². The first-order chi connectivity index (χ1) is 12.3. The fourth-order valence-electron chi connectivity index (χ4n) is 2.00. The van der Waals surface area contributed by atoms with Gasteiger partial charge in [0.25, 0.3) is 0 Å². The van der Waals surface area contributed by atoms with Crippen molar-refractivity contribution in [3.63, 3.8) is 0 Å². The van der Waals surface area contributed by atoms with E-state index >= 15 is 0 Å². The molecule has 8 heteroatoms. The molecule has 1 N–H and O–H groups in total. The summed E-state index contributed by atoms with van der Waals surface area (Å²) in [7, 11) is 0. The molecule has 0 bridgehead atoms. The highest BCUT2D eigenvalue weighted by atomic mass is 79.9. The van der Waals surface area contributed by atoms with Crippen molar-refractivity contribution in [1.29, 1.82) is 0 Å². The number of nitrogens with one attached hydrogen (secondary N) is 1. The fraction of sp³-hybridized carbons (Fsp3) is 0.222. The zero-order valence-corrected chi connectivity index (χ0v) is 16.5. The molecule has 0 aromatic heterocycles. The summed E-state index contributed by atoms with van der Waals surface area (Å²) in [5.41, 5.74) is 5.29. The lowest BCUT2D eigenvalue weighted by Gasteiger charge is -2.08. The zero-order chi connectivity index (χ0) is 19.1. The summed E-state index contributed by atoms with van der Waals surface area (Å²) in [5.74, 6) is 0.0714. The number of hydrogen-bond donors (Lipinski definition) is 1. The van der Waals surface area contributed by atoms with Crippen molar-refractivity contribution < 1.29 is 18.3 Å². The first-order valence-electron chi connectivity index (χ1n) is 7.61. The van der Waals surface area contributed by atoms with Crippen LogP contribution in [0.1, 0.15) is 16.7 Å². The molecule has 0 saturated carbocycles. The van der Waals surface area contributed by atoms with Gasteiger partial charge in [-0.2, -0.15) is 13.9 Å². The van der Waals surface area contributed by atoms with Crippen molar-refractivity contribution in [2.24, 2.45) is 5.10 Å². The number of amides is 1. The second kappa shape index (κ2) is 9.68. The summed E-state index contributed by atoms with van der Waals surface area (Å²) in [6, 6.07) is 10.00. The van der Waals surface area contributed by atoms with E-state index in [1.165, 1.54) is 30.1 Å². The van der Waals surface area contributed by atoms with Crippen LogP contribution in [0, 0.1) is 13.8 Å². The Hall–Kier alpha value is -1.93. The SMILES string of the molecule is Cc1cc(SCC(=O)N/N=C/c2ccc(OC(F)F)cc2)c(C)cc1Br. The molecular weight excluding hydrogens is 426 g/mol. The summed E-state index contributed by atoms with van der Waals surface area (Å²) in [6.07, 6.45) is 1.43. The molecule has 0 unspecified atom stereocenters. The van der Waals surface area contributed by atoms with Crippen LogP contribution in [0.25, 0.3) is 0 Å². The largest absolute Gasteiger partial charge is 0.435 e. The number of benzene rings is 2. The van der Waals surface area contributed by atoms with Crippen molar-refractivity contribution in [2.75, 3.05) is 5.75 Å². The number of ether oxygens (including phenoxy) is 1. The van der Waals surface area contributed by atoms with Crippen LogP contribution in [0.2, 0.25) is 0 Å². The number of alkyl halides is 2. The standard InChI is InChI=1S/C18H17BrF2N2O2S/c1-11-8-16(12(2)7-15(11)19)26-10-17(24)23-22-9-13-3-5-14(6-4-13)25-18(20)21/h3-9,18H,10H2,1-2H3,(H,23,24)/b22-9+. The van der Waals surface area contributed by atoms with Crippen LogP contribution in [-0.4, -0.2) is 24.5 Å². The van der Waals surface area contributed by atoms with Gasteiger partial charge in [0.2, 0.25) is 5.91 Å². The molecule has 2 aromatic carbocycles. The summed E-state index contributed by atoms with van der Waals surface area (Å²) in [4.78, 5) is 12.9. The van der Waals surface area contributed by atoms with E-state index < -0.39 is 6.61 Å². The Balaban J connectivity index is 1.83. The molecule has 0 aliphatic heterocycles. The maximum Gasteiger partial charge on any atom is 0.387 e. The number of rotatable bonds is 7. The van der Waals surface area contributed by atoms with Crippen LogP contribution >= 0.6 is 27.7 Å². The number of halogens is 3. The number of hydrazone groups is 1. The smallest absolute Gasteiger partial charge is 0.387 e. The predicted molar refractivity (Wildman–Crippen MR) is 103 cm³/mol. The number of aryl methyl sites for hydroxylation is 2. The topological polar surface area (TPSA) is 50.7 Å². The van der Waals surface area contributed by atoms with E-state index in [-0.39, 0.29) is 17.4 Å². The molecule has 0 fully saturated rings. The molecule has 0 radical (unpaired) electrons. The van der Waals surface area contributed by atoms with Crippen LogP contribution in [0.4, 0.5) is 8.78 Å². The van der Waals surface area contributed by atoms with Gasteiger partial charge >= 0.3 is 6.61 Å². The van der Waals surface area contributed by atoms with Gasteiger partial charge in [0.15, 0.2) is 0 Å². The van der Waals surface area contributed by atoms with Crippen molar-refractivity contribution in [2.45, 2.75) is 25.4 Å². The van der Waals surface area contributed by atoms with Crippen LogP contribution in [-0.2, 0) is 4.79 Å². The van der Waals surface area contributed by atoms with E-state index in [0.717, 1.165) is 20.5 Å². The van der Waals surface area contributed by atoms with Gasteiger partial charge in [0.1, 0.15) is 5.75 Å². The molecule has 0 atom stereocenters. The van der Waals surface area contributed by atoms with Gasteiger partial charge in [-0.05, 0) is 66.9 Å². The van der Waals surface area contributed by atoms with Gasteiger partial charge in [0.05, 0.1) is 12.0 Å². The third kappa shape index (κ3) is 6.42. The van der Waals surface area contributed by atoms with Crippen LogP contribution in [0.15, 0.2) is 50.9 Å². The average Bonchev–Trinajstić information content (AvgIpc) is 2.58. The summed E-state index contributed by atoms with van der Waals surface area (Å²) in [5, 5.41) is 3.86. The number of carbonyl (C=O) groups is 1. The minimum absolute atomic E-state index is 0.0674. The molecule has 0 aliphatic rings. The van der Waals surface area contributed by atoms with E-state index in [2.05, 4.69) is 31.2 Å². The number of carbonyl (C=O) groups excluding carboxylic acids is 1. The Morgan fingerprint density at radius 1 is 1.27 bits per heavy atom. The molecule has 4 nitrogen and oxygen atoms in total. The van der Waals surface area contributed by atoms with Gasteiger partial charge in [0, 0.05) is 9.37 Å². The summed E-state index contributed by atoms with van der Waals surface area (Å²) < 4.78 is 29.4. The Morgan fingerprint density at radius 3 is 2.62 bits per heavy atom. The second-order valence-corrected chi connectivity index (χ2v) is 7.27. The lowest BCUT2D eigenvalue weighted by Crippen LogP contribution is -2.19.